The largest absolute Gasteiger partial charge is 0.295 e. The molecule has 0 spiro atoms. The average Bonchev–Trinajstić information content (AvgIpc) is 2.44. The van der Waals surface area contributed by atoms with Gasteiger partial charge in [0.15, 0.2) is 5.78 Å². The van der Waals surface area contributed by atoms with Gasteiger partial charge in [-0.2, -0.15) is 0 Å². The number of rotatable bonds is 4. The Morgan fingerprint density at radius 2 is 1.48 bits per heavy atom. The molecule has 4 bridgehead atoms. The molecule has 4 nitrogen and oxygen atoms in total. The van der Waals surface area contributed by atoms with E-state index in [4.69, 9.17) is 0 Å². The molecule has 1 N–H and O–H groups in total. The lowest BCUT2D eigenvalue weighted by Crippen LogP contribution is -2.59. The van der Waals surface area contributed by atoms with Gasteiger partial charge in [0.05, 0.1) is 4.90 Å². The molecule has 1 aromatic rings. The Bertz CT molecular complexity index is 701. The summed E-state index contributed by atoms with van der Waals surface area (Å²) in [5.74, 6) is 2.04. The van der Waals surface area contributed by atoms with Gasteiger partial charge >= 0.3 is 0 Å². The molecule has 5 rings (SSSR count). The maximum atomic E-state index is 12.8. The van der Waals surface area contributed by atoms with Gasteiger partial charge in [-0.1, -0.05) is 12.1 Å². The van der Waals surface area contributed by atoms with Crippen molar-refractivity contribution in [1.29, 1.82) is 0 Å². The summed E-state index contributed by atoms with van der Waals surface area (Å²) in [6.07, 6.45) is 6.83. The molecule has 4 saturated carbocycles. The monoisotopic (exact) mass is 333 g/mol. The summed E-state index contributed by atoms with van der Waals surface area (Å²) in [6, 6.07) is 6.27. The summed E-state index contributed by atoms with van der Waals surface area (Å²) in [4.78, 5) is 11.6. The molecule has 0 heterocycles. The summed E-state index contributed by atoms with van der Waals surface area (Å²) in [5.41, 5.74) is 0.311. The van der Waals surface area contributed by atoms with E-state index in [1.165, 1.54) is 26.2 Å². The predicted octanol–water partition coefficient (Wildman–Crippen LogP) is 3.14. The van der Waals surface area contributed by atoms with Crippen LogP contribution in [0, 0.1) is 17.8 Å². The Kier molecular flexibility index (Phi) is 3.43. The molecule has 0 amide bonds. The molecule has 4 aliphatic rings. The van der Waals surface area contributed by atoms with Crippen molar-refractivity contribution in [2.24, 2.45) is 17.8 Å². The fourth-order valence-corrected chi connectivity index (χ4v) is 6.88. The van der Waals surface area contributed by atoms with Crippen molar-refractivity contribution in [2.45, 2.75) is 55.9 Å². The average molecular weight is 333 g/mol. The second kappa shape index (κ2) is 5.15. The van der Waals surface area contributed by atoms with E-state index in [-0.39, 0.29) is 16.2 Å². The third-order valence-corrected chi connectivity index (χ3v) is 7.55. The van der Waals surface area contributed by atoms with Crippen LogP contribution in [0.25, 0.3) is 0 Å². The minimum atomic E-state index is -3.53. The highest BCUT2D eigenvalue weighted by atomic mass is 32.2. The molecule has 0 aromatic heterocycles. The van der Waals surface area contributed by atoms with Crippen LogP contribution in [0.3, 0.4) is 0 Å². The van der Waals surface area contributed by atoms with Crippen molar-refractivity contribution in [1.82, 2.24) is 4.72 Å². The smallest absolute Gasteiger partial charge is 0.241 e. The SMILES string of the molecule is CC(=O)c1ccc(S(=O)(=O)NC23CC4CC(CC(C4)C2)C3)cc1. The van der Waals surface area contributed by atoms with Crippen molar-refractivity contribution in [3.8, 4) is 0 Å². The number of carbonyl (C=O) groups is 1. The predicted molar refractivity (Wildman–Crippen MR) is 87.7 cm³/mol. The highest BCUT2D eigenvalue weighted by molar-refractivity contribution is 7.89. The molecule has 0 saturated heterocycles. The molecular weight excluding hydrogens is 310 g/mol. The third-order valence-electron chi connectivity index (χ3n) is 5.96. The molecular formula is C18H23NO3S. The van der Waals surface area contributed by atoms with Gasteiger partial charge in [0.1, 0.15) is 0 Å². The molecule has 0 unspecified atom stereocenters. The van der Waals surface area contributed by atoms with Crippen LogP contribution in [-0.2, 0) is 10.0 Å². The molecule has 5 heteroatoms. The van der Waals surface area contributed by atoms with Crippen LogP contribution in [0.4, 0.5) is 0 Å². The second-order valence-corrected chi connectivity index (χ2v) is 9.57. The van der Waals surface area contributed by atoms with Crippen LogP contribution in [0.5, 0.6) is 0 Å². The van der Waals surface area contributed by atoms with E-state index in [1.807, 2.05) is 0 Å². The lowest BCUT2D eigenvalue weighted by molar-refractivity contribution is -0.00810. The van der Waals surface area contributed by atoms with Gasteiger partial charge in [0, 0.05) is 11.1 Å². The van der Waals surface area contributed by atoms with Gasteiger partial charge in [-0.05, 0) is 75.3 Å². The quantitative estimate of drug-likeness (QED) is 0.861. The molecule has 4 fully saturated rings. The first kappa shape index (κ1) is 15.3. The number of hydrogen-bond acceptors (Lipinski definition) is 3. The van der Waals surface area contributed by atoms with Crippen molar-refractivity contribution < 1.29 is 13.2 Å². The van der Waals surface area contributed by atoms with E-state index in [1.54, 1.807) is 24.3 Å². The van der Waals surface area contributed by atoms with Crippen molar-refractivity contribution >= 4 is 15.8 Å². The first-order chi connectivity index (χ1) is 10.9. The zero-order chi connectivity index (χ0) is 16.2. The van der Waals surface area contributed by atoms with E-state index in [9.17, 15) is 13.2 Å². The van der Waals surface area contributed by atoms with Crippen molar-refractivity contribution in [2.75, 3.05) is 0 Å². The zero-order valence-corrected chi connectivity index (χ0v) is 14.2. The number of sulfonamides is 1. The molecule has 4 aliphatic carbocycles. The molecule has 0 atom stereocenters. The fourth-order valence-electron chi connectivity index (χ4n) is 5.45. The van der Waals surface area contributed by atoms with Gasteiger partial charge in [-0.15, -0.1) is 0 Å². The topological polar surface area (TPSA) is 63.2 Å². The number of benzene rings is 1. The lowest BCUT2D eigenvalue weighted by Gasteiger charge is -2.56. The Labute approximate surface area is 137 Å². The van der Waals surface area contributed by atoms with Crippen LogP contribution in [0.1, 0.15) is 55.8 Å². The summed E-state index contributed by atoms with van der Waals surface area (Å²) >= 11 is 0. The van der Waals surface area contributed by atoms with Crippen LogP contribution in [0.15, 0.2) is 29.2 Å². The summed E-state index contributed by atoms with van der Waals surface area (Å²) in [7, 11) is -3.53. The highest BCUT2D eigenvalue weighted by Crippen LogP contribution is 2.55. The van der Waals surface area contributed by atoms with Gasteiger partial charge in [0.25, 0.3) is 0 Å². The summed E-state index contributed by atoms with van der Waals surface area (Å²) in [5, 5.41) is 0. The van der Waals surface area contributed by atoms with E-state index >= 15 is 0 Å². The third kappa shape index (κ3) is 2.74. The number of nitrogens with one attached hydrogen (secondary N) is 1. The van der Waals surface area contributed by atoms with E-state index in [0.29, 0.717) is 23.3 Å². The van der Waals surface area contributed by atoms with Crippen molar-refractivity contribution in [3.63, 3.8) is 0 Å². The first-order valence-corrected chi connectivity index (χ1v) is 9.99. The maximum Gasteiger partial charge on any atom is 0.241 e. The lowest BCUT2D eigenvalue weighted by atomic mass is 9.53. The van der Waals surface area contributed by atoms with Crippen LogP contribution >= 0.6 is 0 Å². The van der Waals surface area contributed by atoms with E-state index in [0.717, 1.165) is 19.3 Å². The minimum absolute atomic E-state index is 0.0528. The Morgan fingerprint density at radius 1 is 1.00 bits per heavy atom. The summed E-state index contributed by atoms with van der Waals surface area (Å²) in [6.45, 7) is 1.48. The fraction of sp³-hybridized carbons (Fsp3) is 0.611. The first-order valence-electron chi connectivity index (χ1n) is 8.50. The van der Waals surface area contributed by atoms with Crippen LogP contribution in [0.2, 0.25) is 0 Å². The number of carbonyl (C=O) groups excluding carboxylic acids is 1. The molecule has 124 valence electrons. The Balaban J connectivity index is 1.59. The normalized spacial score (nSPS) is 35.4. The minimum Gasteiger partial charge on any atom is -0.295 e. The van der Waals surface area contributed by atoms with Gasteiger partial charge in [-0.3, -0.25) is 4.79 Å². The molecule has 0 radical (unpaired) electrons. The van der Waals surface area contributed by atoms with E-state index < -0.39 is 10.0 Å². The molecule has 23 heavy (non-hydrogen) atoms. The standard InChI is InChI=1S/C18H23NO3S/c1-12(20)16-2-4-17(5-3-16)23(21,22)19-18-9-13-6-14(10-18)8-15(7-13)11-18/h2-5,13-15,19H,6-11H2,1H3. The highest BCUT2D eigenvalue weighted by Gasteiger charge is 2.52. The second-order valence-electron chi connectivity index (χ2n) is 7.88. The summed E-state index contributed by atoms with van der Waals surface area (Å²) < 4.78 is 28.7. The Morgan fingerprint density at radius 3 is 1.91 bits per heavy atom. The number of Topliss-reactive ketones (excluding diaryl/α,β-unsaturated/α-hetero) is 1. The number of ketones is 1. The zero-order valence-electron chi connectivity index (χ0n) is 13.4. The van der Waals surface area contributed by atoms with Crippen LogP contribution < -0.4 is 4.72 Å². The van der Waals surface area contributed by atoms with E-state index in [2.05, 4.69) is 4.72 Å². The van der Waals surface area contributed by atoms with Gasteiger partial charge in [0.2, 0.25) is 10.0 Å². The van der Waals surface area contributed by atoms with Gasteiger partial charge in [-0.25, -0.2) is 13.1 Å². The van der Waals surface area contributed by atoms with Crippen LogP contribution in [-0.4, -0.2) is 19.7 Å². The number of hydrogen-bond donors (Lipinski definition) is 1. The molecule has 1 aromatic carbocycles. The Hall–Kier alpha value is -1.20. The molecule has 0 aliphatic heterocycles. The maximum absolute atomic E-state index is 12.8. The van der Waals surface area contributed by atoms with Gasteiger partial charge < -0.3 is 0 Å². The van der Waals surface area contributed by atoms with Crippen molar-refractivity contribution in [3.05, 3.63) is 29.8 Å².